The Morgan fingerprint density at radius 1 is 1.50 bits per heavy atom. The molecule has 1 fully saturated rings. The number of carbonyl (C=O) groups is 2. The van der Waals surface area contributed by atoms with Crippen LogP contribution in [0.2, 0.25) is 0 Å². The van der Waals surface area contributed by atoms with Crippen LogP contribution in [-0.4, -0.2) is 35.7 Å². The predicted molar refractivity (Wildman–Crippen MR) is 75.0 cm³/mol. The van der Waals surface area contributed by atoms with E-state index in [4.69, 9.17) is 4.42 Å². The summed E-state index contributed by atoms with van der Waals surface area (Å²) in [7, 11) is 1.96. The van der Waals surface area contributed by atoms with Crippen molar-refractivity contribution in [3.8, 4) is 0 Å². The summed E-state index contributed by atoms with van der Waals surface area (Å²) < 4.78 is 5.19. The molecule has 1 heterocycles. The van der Waals surface area contributed by atoms with E-state index in [2.05, 4.69) is 10.2 Å². The molecule has 1 saturated carbocycles. The Morgan fingerprint density at radius 3 is 2.80 bits per heavy atom. The topological polar surface area (TPSA) is 62.6 Å². The summed E-state index contributed by atoms with van der Waals surface area (Å²) in [6.07, 6.45) is 4.57. The van der Waals surface area contributed by atoms with E-state index < -0.39 is 0 Å². The van der Waals surface area contributed by atoms with Crippen LogP contribution in [0.25, 0.3) is 0 Å². The van der Waals surface area contributed by atoms with Crippen LogP contribution in [0.5, 0.6) is 0 Å². The number of nitrogens with zero attached hydrogens (tertiary/aromatic N) is 1. The lowest BCUT2D eigenvalue weighted by Crippen LogP contribution is -2.48. The highest BCUT2D eigenvalue weighted by molar-refractivity contribution is 5.81. The highest BCUT2D eigenvalue weighted by atomic mass is 16.3. The minimum Gasteiger partial charge on any atom is -0.467 e. The van der Waals surface area contributed by atoms with Crippen molar-refractivity contribution < 1.29 is 14.0 Å². The number of furan rings is 1. The van der Waals surface area contributed by atoms with E-state index in [1.165, 1.54) is 0 Å². The molecule has 0 radical (unpaired) electrons. The number of Topliss-reactive ketones (excluding diaryl/α,β-unsaturated/α-hetero) is 1. The van der Waals surface area contributed by atoms with Gasteiger partial charge in [0.1, 0.15) is 11.5 Å². The van der Waals surface area contributed by atoms with E-state index in [9.17, 15) is 9.59 Å². The molecule has 0 spiro atoms. The Hall–Kier alpha value is -1.62. The van der Waals surface area contributed by atoms with Gasteiger partial charge in [0.05, 0.1) is 18.8 Å². The molecule has 0 bridgehead atoms. The van der Waals surface area contributed by atoms with Crippen LogP contribution in [0.15, 0.2) is 22.8 Å². The maximum absolute atomic E-state index is 12.1. The fourth-order valence-corrected chi connectivity index (χ4v) is 2.57. The van der Waals surface area contributed by atoms with E-state index in [1.807, 2.05) is 20.0 Å². The maximum Gasteiger partial charge on any atom is 0.237 e. The average Bonchev–Trinajstić information content (AvgIpc) is 2.97. The molecule has 1 N–H and O–H groups in total. The molecule has 1 amide bonds. The molecule has 20 heavy (non-hydrogen) atoms. The first kappa shape index (κ1) is 14.8. The first-order valence-corrected chi connectivity index (χ1v) is 7.11. The van der Waals surface area contributed by atoms with Gasteiger partial charge in [-0.2, -0.15) is 0 Å². The smallest absolute Gasteiger partial charge is 0.237 e. The van der Waals surface area contributed by atoms with Crippen molar-refractivity contribution >= 4 is 11.7 Å². The first-order chi connectivity index (χ1) is 9.58. The van der Waals surface area contributed by atoms with Gasteiger partial charge in [-0.25, -0.2) is 0 Å². The van der Waals surface area contributed by atoms with Crippen molar-refractivity contribution in [2.45, 2.75) is 51.2 Å². The van der Waals surface area contributed by atoms with Crippen LogP contribution in [0.4, 0.5) is 0 Å². The van der Waals surface area contributed by atoms with Crippen LogP contribution in [0.1, 0.15) is 38.4 Å². The molecule has 0 aliphatic heterocycles. The average molecular weight is 278 g/mol. The van der Waals surface area contributed by atoms with Gasteiger partial charge in [-0.3, -0.25) is 14.5 Å². The van der Waals surface area contributed by atoms with Crippen LogP contribution >= 0.6 is 0 Å². The second-order valence-electron chi connectivity index (χ2n) is 5.41. The summed E-state index contributed by atoms with van der Waals surface area (Å²) >= 11 is 0. The summed E-state index contributed by atoms with van der Waals surface area (Å²) in [4.78, 5) is 25.5. The number of rotatable bonds is 5. The summed E-state index contributed by atoms with van der Waals surface area (Å²) in [5, 5.41) is 2.87. The van der Waals surface area contributed by atoms with Gasteiger partial charge in [-0.05, 0) is 38.9 Å². The minimum absolute atomic E-state index is 0.0131. The third-order valence-corrected chi connectivity index (χ3v) is 4.10. The van der Waals surface area contributed by atoms with Crippen molar-refractivity contribution in [2.24, 2.45) is 0 Å². The number of ketones is 1. The zero-order chi connectivity index (χ0) is 14.5. The van der Waals surface area contributed by atoms with Gasteiger partial charge in [-0.1, -0.05) is 0 Å². The number of amides is 1. The third-order valence-electron chi connectivity index (χ3n) is 4.10. The van der Waals surface area contributed by atoms with Crippen molar-refractivity contribution in [2.75, 3.05) is 7.05 Å². The number of nitrogens with one attached hydrogen (secondary N) is 1. The standard InChI is InChI=1S/C15H22N2O3/c1-11(15(19)16-10-14-4-3-9-20-14)17(2)12-5-7-13(18)8-6-12/h3-4,9,11-12H,5-8,10H2,1-2H3,(H,16,19). The molecule has 1 aliphatic carbocycles. The Balaban J connectivity index is 1.81. The number of likely N-dealkylation sites (N-methyl/N-ethyl adjacent to an activating group) is 1. The van der Waals surface area contributed by atoms with Gasteiger partial charge in [0.2, 0.25) is 5.91 Å². The predicted octanol–water partition coefficient (Wildman–Crippen LogP) is 1.73. The number of hydrogen-bond acceptors (Lipinski definition) is 4. The summed E-state index contributed by atoms with van der Waals surface area (Å²) in [5.41, 5.74) is 0. The molecule has 1 atom stereocenters. The molecule has 5 heteroatoms. The molecule has 5 nitrogen and oxygen atoms in total. The molecule has 1 aromatic heterocycles. The molecular formula is C15H22N2O3. The fourth-order valence-electron chi connectivity index (χ4n) is 2.57. The van der Waals surface area contributed by atoms with E-state index in [-0.39, 0.29) is 11.9 Å². The van der Waals surface area contributed by atoms with Crippen molar-refractivity contribution in [3.63, 3.8) is 0 Å². The van der Waals surface area contributed by atoms with Gasteiger partial charge in [0, 0.05) is 18.9 Å². The summed E-state index contributed by atoms with van der Waals surface area (Å²) in [6.45, 7) is 2.31. The molecule has 2 rings (SSSR count). The Bertz CT molecular complexity index is 446. The minimum atomic E-state index is -0.205. The summed E-state index contributed by atoms with van der Waals surface area (Å²) in [6, 6.07) is 3.75. The fraction of sp³-hybridized carbons (Fsp3) is 0.600. The lowest BCUT2D eigenvalue weighted by molar-refractivity contribution is -0.127. The third kappa shape index (κ3) is 3.70. The Labute approximate surface area is 119 Å². The van der Waals surface area contributed by atoms with E-state index in [0.717, 1.165) is 18.6 Å². The molecule has 1 aliphatic rings. The largest absolute Gasteiger partial charge is 0.467 e. The molecular weight excluding hydrogens is 256 g/mol. The highest BCUT2D eigenvalue weighted by Crippen LogP contribution is 2.21. The van der Waals surface area contributed by atoms with Gasteiger partial charge in [0.25, 0.3) is 0 Å². The SMILES string of the molecule is CC(C(=O)NCc1ccco1)N(C)C1CCC(=O)CC1. The zero-order valence-electron chi connectivity index (χ0n) is 12.1. The lowest BCUT2D eigenvalue weighted by atomic mass is 9.92. The Kier molecular flexibility index (Phi) is 4.95. The second kappa shape index (κ2) is 6.70. The quantitative estimate of drug-likeness (QED) is 0.891. The van der Waals surface area contributed by atoms with Crippen LogP contribution in [0.3, 0.4) is 0 Å². The van der Waals surface area contributed by atoms with Gasteiger partial charge in [-0.15, -0.1) is 0 Å². The second-order valence-corrected chi connectivity index (χ2v) is 5.41. The van der Waals surface area contributed by atoms with Crippen molar-refractivity contribution in [3.05, 3.63) is 24.2 Å². The highest BCUT2D eigenvalue weighted by Gasteiger charge is 2.28. The van der Waals surface area contributed by atoms with E-state index in [0.29, 0.717) is 31.2 Å². The monoisotopic (exact) mass is 278 g/mol. The lowest BCUT2D eigenvalue weighted by Gasteiger charge is -2.34. The van der Waals surface area contributed by atoms with Gasteiger partial charge < -0.3 is 9.73 Å². The van der Waals surface area contributed by atoms with Gasteiger partial charge in [0.15, 0.2) is 0 Å². The van der Waals surface area contributed by atoms with Crippen molar-refractivity contribution in [1.29, 1.82) is 0 Å². The maximum atomic E-state index is 12.1. The van der Waals surface area contributed by atoms with Crippen molar-refractivity contribution in [1.82, 2.24) is 10.2 Å². The number of carbonyl (C=O) groups excluding carboxylic acids is 2. The van der Waals surface area contributed by atoms with Crippen LogP contribution in [0, 0.1) is 0 Å². The molecule has 110 valence electrons. The number of hydrogen-bond donors (Lipinski definition) is 1. The normalized spacial score (nSPS) is 18.2. The zero-order valence-corrected chi connectivity index (χ0v) is 12.1. The molecule has 1 aromatic rings. The molecule has 0 aromatic carbocycles. The Morgan fingerprint density at radius 2 is 2.20 bits per heavy atom. The van der Waals surface area contributed by atoms with E-state index in [1.54, 1.807) is 12.3 Å². The van der Waals surface area contributed by atoms with Gasteiger partial charge >= 0.3 is 0 Å². The molecule has 0 saturated heterocycles. The molecule has 1 unspecified atom stereocenters. The summed E-state index contributed by atoms with van der Waals surface area (Å²) in [5.74, 6) is 1.07. The van der Waals surface area contributed by atoms with E-state index >= 15 is 0 Å². The van der Waals surface area contributed by atoms with Crippen LogP contribution in [-0.2, 0) is 16.1 Å². The van der Waals surface area contributed by atoms with Crippen LogP contribution < -0.4 is 5.32 Å². The first-order valence-electron chi connectivity index (χ1n) is 7.11.